The molecule has 0 fully saturated rings. The van der Waals surface area contributed by atoms with Gasteiger partial charge in [-0.25, -0.2) is 9.78 Å². The molecular formula is C25H27N5O4S. The number of fused-ring (bicyclic) bond motifs is 1. The minimum Gasteiger partial charge on any atom is -0.497 e. The number of nitriles is 1. The summed E-state index contributed by atoms with van der Waals surface area (Å²) in [6, 6.07) is 9.86. The fraction of sp³-hybridized carbons (Fsp3) is 0.360. The monoisotopic (exact) mass is 493 g/mol. The van der Waals surface area contributed by atoms with E-state index >= 15 is 0 Å². The molecule has 0 aliphatic heterocycles. The number of imidazole rings is 1. The van der Waals surface area contributed by atoms with Gasteiger partial charge in [-0.05, 0) is 42.5 Å². The van der Waals surface area contributed by atoms with E-state index in [1.54, 1.807) is 19.6 Å². The third-order valence-corrected chi connectivity index (χ3v) is 7.13. The first-order valence-corrected chi connectivity index (χ1v) is 12.2. The molecule has 2 heterocycles. The van der Waals surface area contributed by atoms with Crippen LogP contribution < -0.4 is 15.4 Å². The third-order valence-electron chi connectivity index (χ3n) is 5.96. The number of carbonyl (C=O) groups is 2. The summed E-state index contributed by atoms with van der Waals surface area (Å²) in [4.78, 5) is 29.8. The lowest BCUT2D eigenvalue weighted by Gasteiger charge is -2.22. The maximum absolute atomic E-state index is 12.6. The maximum Gasteiger partial charge on any atom is 0.407 e. The number of ether oxygens (including phenoxy) is 2. The molecule has 2 aromatic heterocycles. The second kappa shape index (κ2) is 11.1. The van der Waals surface area contributed by atoms with E-state index in [0.29, 0.717) is 49.2 Å². The number of carbonyl (C=O) groups excluding carboxylic acids is 2. The number of amides is 2. The predicted octanol–water partition coefficient (Wildman–Crippen LogP) is 3.72. The van der Waals surface area contributed by atoms with Crippen LogP contribution in [0, 0.1) is 11.3 Å². The molecule has 2 N–H and O–H groups in total. The summed E-state index contributed by atoms with van der Waals surface area (Å²) in [5.41, 5.74) is 3.33. The lowest BCUT2D eigenvalue weighted by molar-refractivity contribution is -0.116. The van der Waals surface area contributed by atoms with E-state index in [1.165, 1.54) is 11.3 Å². The fourth-order valence-electron chi connectivity index (χ4n) is 4.05. The Kier molecular flexibility index (Phi) is 7.67. The van der Waals surface area contributed by atoms with Gasteiger partial charge in [-0.15, -0.1) is 11.3 Å². The molecule has 9 nitrogen and oxygen atoms in total. The smallest absolute Gasteiger partial charge is 0.407 e. The molecule has 1 aliphatic carbocycles. The normalized spacial score (nSPS) is 14.5. The Labute approximate surface area is 207 Å². The summed E-state index contributed by atoms with van der Waals surface area (Å²) >= 11 is 1.39. The van der Waals surface area contributed by atoms with Gasteiger partial charge in [0, 0.05) is 31.0 Å². The number of anilines is 1. The number of methoxy groups -OCH3 is 1. The van der Waals surface area contributed by atoms with Crippen molar-refractivity contribution >= 4 is 28.3 Å². The first-order valence-electron chi connectivity index (χ1n) is 11.3. The number of aryl methyl sites for hydroxylation is 2. The molecule has 4 rings (SSSR count). The van der Waals surface area contributed by atoms with Crippen molar-refractivity contribution in [2.24, 2.45) is 7.05 Å². The molecule has 0 bridgehead atoms. The Bertz CT molecular complexity index is 1260. The number of alkyl carbamates (subject to hydrolysis) is 1. The lowest BCUT2D eigenvalue weighted by atomic mass is 9.94. The summed E-state index contributed by atoms with van der Waals surface area (Å²) in [5, 5.41) is 16.0. The van der Waals surface area contributed by atoms with Crippen LogP contribution in [0.25, 0.3) is 0 Å². The van der Waals surface area contributed by atoms with E-state index < -0.39 is 6.09 Å². The minimum atomic E-state index is -0.484. The van der Waals surface area contributed by atoms with E-state index in [2.05, 4.69) is 21.7 Å². The predicted molar refractivity (Wildman–Crippen MR) is 131 cm³/mol. The number of rotatable bonds is 8. The number of hydrogen-bond donors (Lipinski definition) is 2. The molecule has 3 aromatic rings. The number of nitrogens with one attached hydrogen (secondary N) is 2. The van der Waals surface area contributed by atoms with Crippen LogP contribution in [0.4, 0.5) is 9.80 Å². The summed E-state index contributed by atoms with van der Waals surface area (Å²) in [5.74, 6) is 0.605. The van der Waals surface area contributed by atoms with Gasteiger partial charge in [0.05, 0.1) is 31.2 Å². The molecule has 182 valence electrons. The van der Waals surface area contributed by atoms with Gasteiger partial charge in [-0.2, -0.15) is 5.26 Å². The van der Waals surface area contributed by atoms with Crippen molar-refractivity contribution < 1.29 is 19.1 Å². The zero-order chi connectivity index (χ0) is 24.8. The highest BCUT2D eigenvalue weighted by Crippen LogP contribution is 2.38. The summed E-state index contributed by atoms with van der Waals surface area (Å²) < 4.78 is 12.7. The number of thiophene rings is 1. The molecule has 1 aromatic carbocycles. The second-order valence-corrected chi connectivity index (χ2v) is 9.44. The first-order chi connectivity index (χ1) is 17.0. The quantitative estimate of drug-likeness (QED) is 0.494. The third kappa shape index (κ3) is 6.00. The highest BCUT2D eigenvalue weighted by Gasteiger charge is 2.28. The van der Waals surface area contributed by atoms with Crippen molar-refractivity contribution in [3.05, 3.63) is 64.1 Å². The van der Waals surface area contributed by atoms with Gasteiger partial charge in [-0.3, -0.25) is 4.79 Å². The van der Waals surface area contributed by atoms with E-state index in [9.17, 15) is 14.9 Å². The van der Waals surface area contributed by atoms with Crippen LogP contribution in [0.5, 0.6) is 5.75 Å². The van der Waals surface area contributed by atoms with E-state index in [1.807, 2.05) is 35.9 Å². The van der Waals surface area contributed by atoms with Gasteiger partial charge in [-0.1, -0.05) is 12.1 Å². The van der Waals surface area contributed by atoms with Crippen LogP contribution in [0.2, 0.25) is 0 Å². The van der Waals surface area contributed by atoms with E-state index in [0.717, 1.165) is 27.4 Å². The van der Waals surface area contributed by atoms with E-state index in [-0.39, 0.29) is 12.0 Å². The molecule has 0 spiro atoms. The zero-order valence-corrected chi connectivity index (χ0v) is 20.5. The SMILES string of the molecule is COc1cccc(CCC(=O)Nc2sc3c(c2C#N)CCC(OC(=O)NCc2cncn2C)C3)c1. The van der Waals surface area contributed by atoms with Crippen LogP contribution in [0.3, 0.4) is 0 Å². The fourth-order valence-corrected chi connectivity index (χ4v) is 5.33. The van der Waals surface area contributed by atoms with E-state index in [4.69, 9.17) is 9.47 Å². The molecule has 0 saturated carbocycles. The number of benzene rings is 1. The lowest BCUT2D eigenvalue weighted by Crippen LogP contribution is -2.32. The molecule has 1 atom stereocenters. The van der Waals surface area contributed by atoms with Gasteiger partial charge in [0.2, 0.25) is 5.91 Å². The Morgan fingerprint density at radius 3 is 2.97 bits per heavy atom. The Morgan fingerprint density at radius 1 is 1.37 bits per heavy atom. The summed E-state index contributed by atoms with van der Waals surface area (Å²) in [7, 11) is 3.47. The van der Waals surface area contributed by atoms with Crippen molar-refractivity contribution in [1.82, 2.24) is 14.9 Å². The van der Waals surface area contributed by atoms with Crippen molar-refractivity contribution in [1.29, 1.82) is 5.26 Å². The van der Waals surface area contributed by atoms with Crippen LogP contribution in [0.15, 0.2) is 36.8 Å². The van der Waals surface area contributed by atoms with Gasteiger partial charge < -0.3 is 24.7 Å². The van der Waals surface area contributed by atoms with Crippen LogP contribution in [-0.2, 0) is 42.4 Å². The Balaban J connectivity index is 1.32. The van der Waals surface area contributed by atoms with Crippen LogP contribution in [0.1, 0.15) is 40.1 Å². The van der Waals surface area contributed by atoms with Crippen molar-refractivity contribution in [3.63, 3.8) is 0 Å². The van der Waals surface area contributed by atoms with Gasteiger partial charge in [0.1, 0.15) is 22.9 Å². The average molecular weight is 494 g/mol. The molecule has 2 amide bonds. The van der Waals surface area contributed by atoms with Gasteiger partial charge in [0.25, 0.3) is 0 Å². The van der Waals surface area contributed by atoms with Crippen LogP contribution >= 0.6 is 11.3 Å². The highest BCUT2D eigenvalue weighted by atomic mass is 32.1. The molecule has 0 radical (unpaired) electrons. The molecule has 1 unspecified atom stereocenters. The number of hydrogen-bond acceptors (Lipinski definition) is 7. The summed E-state index contributed by atoms with van der Waals surface area (Å²) in [6.07, 6.45) is 5.22. The topological polar surface area (TPSA) is 118 Å². The second-order valence-electron chi connectivity index (χ2n) is 8.34. The standard InChI is InChI=1S/C25H27N5O4S/c1-30-15-27-13-17(30)14-28-25(32)34-19-7-8-20-21(12-26)24(35-22(20)11-19)29-23(31)9-6-16-4-3-5-18(10-16)33-2/h3-5,10,13,15,19H,6-9,11,14H2,1-2H3,(H,28,32)(H,29,31). The van der Waals surface area contributed by atoms with Crippen LogP contribution in [-0.4, -0.2) is 34.8 Å². The summed E-state index contributed by atoms with van der Waals surface area (Å²) in [6.45, 7) is 0.330. The highest BCUT2D eigenvalue weighted by molar-refractivity contribution is 7.16. The van der Waals surface area contributed by atoms with Crippen molar-refractivity contribution in [2.75, 3.05) is 12.4 Å². The minimum absolute atomic E-state index is 0.148. The molecule has 0 saturated heterocycles. The first kappa shape index (κ1) is 24.3. The zero-order valence-electron chi connectivity index (χ0n) is 19.7. The maximum atomic E-state index is 12.6. The molecule has 35 heavy (non-hydrogen) atoms. The Hall–Kier alpha value is -3.84. The van der Waals surface area contributed by atoms with Crippen molar-refractivity contribution in [3.8, 4) is 11.8 Å². The Morgan fingerprint density at radius 2 is 2.23 bits per heavy atom. The largest absolute Gasteiger partial charge is 0.497 e. The van der Waals surface area contributed by atoms with Gasteiger partial charge >= 0.3 is 6.09 Å². The van der Waals surface area contributed by atoms with Gasteiger partial charge in [0.15, 0.2) is 0 Å². The van der Waals surface area contributed by atoms with Crippen molar-refractivity contribution in [2.45, 2.75) is 44.8 Å². The molecular weight excluding hydrogens is 466 g/mol. The average Bonchev–Trinajstić information content (AvgIpc) is 3.43. The number of nitrogens with zero attached hydrogens (tertiary/aromatic N) is 3. The molecule has 10 heteroatoms. The number of aromatic nitrogens is 2. The molecule has 1 aliphatic rings.